The molecule has 0 saturated carbocycles. The minimum atomic E-state index is 0.864. The Kier molecular flexibility index (Phi) is 13.6. The minimum Gasteiger partial charge on any atom is -0.494 e. The summed E-state index contributed by atoms with van der Waals surface area (Å²) in [6.07, 6.45) is 18.8. The lowest BCUT2D eigenvalue weighted by Gasteiger charge is -2.07. The molecule has 24 heavy (non-hydrogen) atoms. The van der Waals surface area contributed by atoms with Crippen molar-refractivity contribution in [2.75, 3.05) is 6.61 Å². The van der Waals surface area contributed by atoms with Crippen LogP contribution in [-0.2, 0) is 6.42 Å². The first-order valence-electron chi connectivity index (χ1n) is 10.6. The van der Waals surface area contributed by atoms with Gasteiger partial charge in [0.2, 0.25) is 0 Å². The largest absolute Gasteiger partial charge is 0.494 e. The van der Waals surface area contributed by atoms with Crippen molar-refractivity contribution in [1.29, 1.82) is 0 Å². The molecule has 138 valence electrons. The van der Waals surface area contributed by atoms with Gasteiger partial charge >= 0.3 is 0 Å². The summed E-state index contributed by atoms with van der Waals surface area (Å²) in [5.41, 5.74) is 1.45. The minimum absolute atomic E-state index is 0.864. The molecule has 0 aromatic heterocycles. The fourth-order valence-corrected chi connectivity index (χ4v) is 3.11. The molecule has 0 unspecified atom stereocenters. The molecule has 0 amide bonds. The fraction of sp³-hybridized carbons (Fsp3) is 0.739. The number of aryl methyl sites for hydroxylation is 1. The molecule has 0 radical (unpaired) electrons. The Balaban J connectivity index is 2.02. The van der Waals surface area contributed by atoms with Crippen LogP contribution in [0.25, 0.3) is 0 Å². The molecule has 0 saturated heterocycles. The second kappa shape index (κ2) is 15.5. The standard InChI is InChI=1S/C23H40O/c1-3-5-7-9-11-12-14-16-22-17-19-23(20-18-22)24-21-15-13-10-8-6-4-2/h17-20H,3-16,21H2,1-2H3. The van der Waals surface area contributed by atoms with Crippen molar-refractivity contribution >= 4 is 0 Å². The van der Waals surface area contributed by atoms with Gasteiger partial charge in [-0.2, -0.15) is 0 Å². The number of rotatable bonds is 16. The van der Waals surface area contributed by atoms with Crippen molar-refractivity contribution in [2.24, 2.45) is 0 Å². The van der Waals surface area contributed by atoms with Gasteiger partial charge in [-0.1, -0.05) is 96.6 Å². The molecule has 0 N–H and O–H groups in total. The van der Waals surface area contributed by atoms with Gasteiger partial charge in [-0.05, 0) is 37.0 Å². The molecule has 1 heteroatoms. The van der Waals surface area contributed by atoms with Gasteiger partial charge in [0.05, 0.1) is 6.61 Å². The number of hydrogen-bond acceptors (Lipinski definition) is 1. The number of hydrogen-bond donors (Lipinski definition) is 0. The highest BCUT2D eigenvalue weighted by molar-refractivity contribution is 5.27. The first-order chi connectivity index (χ1) is 11.9. The van der Waals surface area contributed by atoms with Crippen LogP contribution in [0.15, 0.2) is 24.3 Å². The van der Waals surface area contributed by atoms with E-state index in [1.807, 2.05) is 0 Å². The molecule has 0 spiro atoms. The van der Waals surface area contributed by atoms with Crippen molar-refractivity contribution < 1.29 is 4.74 Å². The van der Waals surface area contributed by atoms with Gasteiger partial charge in [0.25, 0.3) is 0 Å². The summed E-state index contributed by atoms with van der Waals surface area (Å²) >= 11 is 0. The summed E-state index contributed by atoms with van der Waals surface area (Å²) in [5, 5.41) is 0. The van der Waals surface area contributed by atoms with E-state index in [1.54, 1.807) is 0 Å². The predicted molar refractivity (Wildman–Crippen MR) is 107 cm³/mol. The van der Waals surface area contributed by atoms with Gasteiger partial charge < -0.3 is 4.74 Å². The summed E-state index contributed by atoms with van der Waals surface area (Å²) in [5.74, 6) is 1.03. The lowest BCUT2D eigenvalue weighted by Crippen LogP contribution is -1.97. The summed E-state index contributed by atoms with van der Waals surface area (Å²) in [6, 6.07) is 8.78. The van der Waals surface area contributed by atoms with Gasteiger partial charge in [-0.15, -0.1) is 0 Å². The SMILES string of the molecule is CCCCCCCCCc1ccc(OCCCCCCCC)cc1. The van der Waals surface area contributed by atoms with Gasteiger partial charge in [-0.3, -0.25) is 0 Å². The Bertz CT molecular complexity index is 331. The Morgan fingerprint density at radius 3 is 1.67 bits per heavy atom. The van der Waals surface area contributed by atoms with Crippen molar-refractivity contribution in [2.45, 2.75) is 104 Å². The summed E-state index contributed by atoms with van der Waals surface area (Å²) in [7, 11) is 0. The molecule has 1 aromatic rings. The maximum absolute atomic E-state index is 5.85. The van der Waals surface area contributed by atoms with Crippen LogP contribution in [-0.4, -0.2) is 6.61 Å². The Morgan fingerprint density at radius 1 is 0.583 bits per heavy atom. The molecule has 0 heterocycles. The van der Waals surface area contributed by atoms with Crippen LogP contribution in [0.4, 0.5) is 0 Å². The van der Waals surface area contributed by atoms with Crippen molar-refractivity contribution in [3.63, 3.8) is 0 Å². The summed E-state index contributed by atoms with van der Waals surface area (Å²) in [4.78, 5) is 0. The molecule has 1 nitrogen and oxygen atoms in total. The van der Waals surface area contributed by atoms with Crippen molar-refractivity contribution in [3.8, 4) is 5.75 Å². The predicted octanol–water partition coefficient (Wildman–Crippen LogP) is 7.72. The monoisotopic (exact) mass is 332 g/mol. The zero-order valence-electron chi connectivity index (χ0n) is 16.3. The first-order valence-corrected chi connectivity index (χ1v) is 10.6. The van der Waals surface area contributed by atoms with Gasteiger partial charge in [0.1, 0.15) is 5.75 Å². The third-order valence-corrected chi connectivity index (χ3v) is 4.76. The highest BCUT2D eigenvalue weighted by Crippen LogP contribution is 2.16. The highest BCUT2D eigenvalue weighted by atomic mass is 16.5. The maximum atomic E-state index is 5.85. The van der Waals surface area contributed by atoms with Crippen LogP contribution in [0, 0.1) is 0 Å². The lowest BCUT2D eigenvalue weighted by molar-refractivity contribution is 0.304. The van der Waals surface area contributed by atoms with Crippen LogP contribution in [0.3, 0.4) is 0 Å². The smallest absolute Gasteiger partial charge is 0.119 e. The Labute approximate surface area is 151 Å². The average Bonchev–Trinajstić information content (AvgIpc) is 2.61. The first kappa shape index (κ1) is 21.1. The summed E-state index contributed by atoms with van der Waals surface area (Å²) in [6.45, 7) is 5.41. The molecular formula is C23H40O. The number of ether oxygens (including phenoxy) is 1. The quantitative estimate of drug-likeness (QED) is 0.281. The van der Waals surface area contributed by atoms with Crippen LogP contribution >= 0.6 is 0 Å². The molecule has 0 aliphatic carbocycles. The van der Waals surface area contributed by atoms with Crippen LogP contribution in [0.1, 0.15) is 103 Å². The maximum Gasteiger partial charge on any atom is 0.119 e. The fourth-order valence-electron chi connectivity index (χ4n) is 3.11. The van der Waals surface area contributed by atoms with E-state index in [1.165, 1.54) is 95.5 Å². The van der Waals surface area contributed by atoms with Crippen molar-refractivity contribution in [1.82, 2.24) is 0 Å². The van der Waals surface area contributed by atoms with E-state index in [9.17, 15) is 0 Å². The van der Waals surface area contributed by atoms with Crippen molar-refractivity contribution in [3.05, 3.63) is 29.8 Å². The molecule has 0 bridgehead atoms. The van der Waals surface area contributed by atoms with Crippen LogP contribution < -0.4 is 4.74 Å². The molecule has 0 aliphatic heterocycles. The van der Waals surface area contributed by atoms with E-state index < -0.39 is 0 Å². The molecule has 1 rings (SSSR count). The molecule has 0 fully saturated rings. The van der Waals surface area contributed by atoms with Gasteiger partial charge in [-0.25, -0.2) is 0 Å². The van der Waals surface area contributed by atoms with Gasteiger partial charge in [0, 0.05) is 0 Å². The third-order valence-electron chi connectivity index (χ3n) is 4.76. The lowest BCUT2D eigenvalue weighted by atomic mass is 10.0. The molecule has 0 atom stereocenters. The van der Waals surface area contributed by atoms with E-state index in [4.69, 9.17) is 4.74 Å². The van der Waals surface area contributed by atoms with E-state index in [2.05, 4.69) is 38.1 Å². The van der Waals surface area contributed by atoms with Crippen LogP contribution in [0.2, 0.25) is 0 Å². The number of benzene rings is 1. The topological polar surface area (TPSA) is 9.23 Å². The second-order valence-corrected chi connectivity index (χ2v) is 7.13. The van der Waals surface area contributed by atoms with E-state index >= 15 is 0 Å². The zero-order chi connectivity index (χ0) is 17.3. The number of unbranched alkanes of at least 4 members (excludes halogenated alkanes) is 11. The Hall–Kier alpha value is -0.980. The zero-order valence-corrected chi connectivity index (χ0v) is 16.3. The highest BCUT2D eigenvalue weighted by Gasteiger charge is 1.97. The molecule has 0 aliphatic rings. The van der Waals surface area contributed by atoms with E-state index in [-0.39, 0.29) is 0 Å². The van der Waals surface area contributed by atoms with E-state index in [0.29, 0.717) is 0 Å². The second-order valence-electron chi connectivity index (χ2n) is 7.13. The van der Waals surface area contributed by atoms with Crippen LogP contribution in [0.5, 0.6) is 5.75 Å². The Morgan fingerprint density at radius 2 is 1.08 bits per heavy atom. The normalized spacial score (nSPS) is 10.9. The summed E-state index contributed by atoms with van der Waals surface area (Å²) < 4.78 is 5.85. The third kappa shape index (κ3) is 11.5. The molecular weight excluding hydrogens is 292 g/mol. The van der Waals surface area contributed by atoms with E-state index in [0.717, 1.165) is 12.4 Å². The van der Waals surface area contributed by atoms with Gasteiger partial charge in [0.15, 0.2) is 0 Å². The molecule has 1 aromatic carbocycles. The average molecular weight is 333 g/mol.